The molecule has 4 unspecified atom stereocenters. The molecule has 0 radical (unpaired) electrons. The molecule has 29 heavy (non-hydrogen) atoms. The van der Waals surface area contributed by atoms with Crippen molar-refractivity contribution in [3.63, 3.8) is 0 Å². The molecule has 3 aliphatic rings. The summed E-state index contributed by atoms with van der Waals surface area (Å²) < 4.78 is 10.2. The molecule has 170 valence electrons. The van der Waals surface area contributed by atoms with E-state index in [4.69, 9.17) is 9.47 Å². The van der Waals surface area contributed by atoms with Crippen molar-refractivity contribution in [2.75, 3.05) is 39.9 Å². The van der Waals surface area contributed by atoms with Gasteiger partial charge in [-0.2, -0.15) is 0 Å². The molecule has 0 saturated carbocycles. The minimum absolute atomic E-state index is 0.110. The Morgan fingerprint density at radius 3 is 2.07 bits per heavy atom. The summed E-state index contributed by atoms with van der Waals surface area (Å²) in [5.41, 5.74) is 0. The Kier molecular flexibility index (Phi) is 11.8. The van der Waals surface area contributed by atoms with Crippen molar-refractivity contribution in [1.82, 2.24) is 9.80 Å². The number of ether oxygens (including phenoxy) is 2. The highest BCUT2D eigenvalue weighted by Gasteiger charge is 2.35. The second-order valence-electron chi connectivity index (χ2n) is 8.45. The van der Waals surface area contributed by atoms with Gasteiger partial charge in [0.15, 0.2) is 0 Å². The van der Waals surface area contributed by atoms with Crippen LogP contribution >= 0.6 is 0 Å². The Morgan fingerprint density at radius 2 is 1.66 bits per heavy atom. The highest BCUT2D eigenvalue weighted by molar-refractivity contribution is 5.82. The van der Waals surface area contributed by atoms with Crippen LogP contribution in [0, 0.1) is 17.8 Å². The highest BCUT2D eigenvalue weighted by atomic mass is 16.5. The third kappa shape index (κ3) is 7.56. The van der Waals surface area contributed by atoms with Crippen molar-refractivity contribution >= 4 is 11.8 Å². The first kappa shape index (κ1) is 25.9. The van der Waals surface area contributed by atoms with Crippen LogP contribution in [0.25, 0.3) is 0 Å². The zero-order valence-electron chi connectivity index (χ0n) is 19.8. The number of carbonyl (C=O) groups is 2. The summed E-state index contributed by atoms with van der Waals surface area (Å²) in [7, 11) is 1.58. The second kappa shape index (κ2) is 13.2. The van der Waals surface area contributed by atoms with Crippen LogP contribution in [0.3, 0.4) is 0 Å². The lowest BCUT2D eigenvalue weighted by Crippen LogP contribution is -2.44. The summed E-state index contributed by atoms with van der Waals surface area (Å²) in [6.07, 6.45) is 4.01. The Bertz CT molecular complexity index is 493. The molecule has 6 heteroatoms. The fourth-order valence-corrected chi connectivity index (χ4v) is 3.89. The Balaban J connectivity index is 0.000000268. The van der Waals surface area contributed by atoms with Crippen molar-refractivity contribution in [2.45, 2.75) is 79.4 Å². The third-order valence-electron chi connectivity index (χ3n) is 6.33. The van der Waals surface area contributed by atoms with E-state index in [0.29, 0.717) is 17.8 Å². The molecule has 3 heterocycles. The van der Waals surface area contributed by atoms with Crippen LogP contribution in [0.2, 0.25) is 0 Å². The van der Waals surface area contributed by atoms with E-state index in [1.165, 1.54) is 6.42 Å². The van der Waals surface area contributed by atoms with Gasteiger partial charge in [0.1, 0.15) is 12.2 Å². The van der Waals surface area contributed by atoms with Crippen LogP contribution in [-0.4, -0.2) is 73.7 Å². The first-order valence-corrected chi connectivity index (χ1v) is 11.6. The van der Waals surface area contributed by atoms with Crippen molar-refractivity contribution in [3.05, 3.63) is 0 Å². The lowest BCUT2D eigenvalue weighted by Gasteiger charge is -2.29. The van der Waals surface area contributed by atoms with Gasteiger partial charge < -0.3 is 19.3 Å². The maximum Gasteiger partial charge on any atom is 0.251 e. The molecule has 0 spiro atoms. The minimum atomic E-state index is -0.282. The molecule has 0 aromatic rings. The molecule has 6 nitrogen and oxygen atoms in total. The van der Waals surface area contributed by atoms with Crippen LogP contribution in [0.4, 0.5) is 0 Å². The molecule has 0 bridgehead atoms. The molecule has 3 rings (SSSR count). The van der Waals surface area contributed by atoms with Crippen LogP contribution in [0.1, 0.15) is 67.2 Å². The van der Waals surface area contributed by atoms with Crippen LogP contribution < -0.4 is 0 Å². The normalized spacial score (nSPS) is 26.8. The number of amides is 2. The lowest BCUT2D eigenvalue weighted by molar-refractivity contribution is -0.155. The maximum absolute atomic E-state index is 11.8. The van der Waals surface area contributed by atoms with Crippen LogP contribution in [0.5, 0.6) is 0 Å². The van der Waals surface area contributed by atoms with Gasteiger partial charge in [0.25, 0.3) is 11.8 Å². The third-order valence-corrected chi connectivity index (χ3v) is 6.33. The van der Waals surface area contributed by atoms with Gasteiger partial charge in [-0.3, -0.25) is 9.59 Å². The van der Waals surface area contributed by atoms with E-state index in [2.05, 4.69) is 20.8 Å². The number of hydrogen-bond acceptors (Lipinski definition) is 4. The molecule has 3 saturated heterocycles. The number of nitrogens with zero attached hydrogens (tertiary/aromatic N) is 2. The predicted octanol–water partition coefficient (Wildman–Crippen LogP) is 3.59. The highest BCUT2D eigenvalue weighted by Crippen LogP contribution is 2.26. The van der Waals surface area contributed by atoms with Gasteiger partial charge in [-0.25, -0.2) is 0 Å². The first-order chi connectivity index (χ1) is 13.9. The van der Waals surface area contributed by atoms with Crippen molar-refractivity contribution in [1.29, 1.82) is 0 Å². The summed E-state index contributed by atoms with van der Waals surface area (Å²) >= 11 is 0. The van der Waals surface area contributed by atoms with Gasteiger partial charge >= 0.3 is 0 Å². The topological polar surface area (TPSA) is 59.1 Å². The SMILES string of the molecule is CC.CC(C)C1CCN(C(=O)C2CCO2)C1.CCC1CCN(C(=O)C(C)OC)C1. The fourth-order valence-electron chi connectivity index (χ4n) is 3.89. The van der Waals surface area contributed by atoms with Crippen molar-refractivity contribution < 1.29 is 19.1 Å². The van der Waals surface area contributed by atoms with E-state index in [-0.39, 0.29) is 24.0 Å². The number of hydrogen-bond donors (Lipinski definition) is 0. The molecule has 0 aliphatic carbocycles. The Labute approximate surface area is 178 Å². The molecular formula is C23H44N2O4. The summed E-state index contributed by atoms with van der Waals surface area (Å²) in [5, 5.41) is 0. The van der Waals surface area contributed by atoms with Gasteiger partial charge in [-0.1, -0.05) is 41.0 Å². The van der Waals surface area contributed by atoms with E-state index >= 15 is 0 Å². The number of methoxy groups -OCH3 is 1. The predicted molar refractivity (Wildman–Crippen MR) is 117 cm³/mol. The largest absolute Gasteiger partial charge is 0.372 e. The molecule has 0 aromatic heterocycles. The summed E-state index contributed by atoms with van der Waals surface area (Å²) in [6.45, 7) is 16.9. The summed E-state index contributed by atoms with van der Waals surface area (Å²) in [6, 6.07) is 0. The fraction of sp³-hybridized carbons (Fsp3) is 0.913. The van der Waals surface area contributed by atoms with Crippen molar-refractivity contribution in [3.8, 4) is 0 Å². The number of carbonyl (C=O) groups excluding carboxylic acids is 2. The average Bonchev–Trinajstić information content (AvgIpc) is 3.37. The molecule has 0 aromatic carbocycles. The average molecular weight is 413 g/mol. The molecule has 2 amide bonds. The molecule has 3 aliphatic heterocycles. The van der Waals surface area contributed by atoms with Gasteiger partial charge in [0, 0.05) is 39.7 Å². The number of likely N-dealkylation sites (tertiary alicyclic amines) is 2. The van der Waals surface area contributed by atoms with E-state index in [1.807, 2.05) is 30.6 Å². The first-order valence-electron chi connectivity index (χ1n) is 11.6. The quantitative estimate of drug-likeness (QED) is 0.692. The van der Waals surface area contributed by atoms with Crippen LogP contribution in [0.15, 0.2) is 0 Å². The molecule has 3 fully saturated rings. The maximum atomic E-state index is 11.8. The van der Waals surface area contributed by atoms with Gasteiger partial charge in [-0.15, -0.1) is 0 Å². The summed E-state index contributed by atoms with van der Waals surface area (Å²) in [4.78, 5) is 27.3. The standard InChI is InChI=1S/C11H19NO2.C10H19NO2.C2H6/c1-8(2)9-3-5-12(7-9)11(13)10-4-6-14-10;1-4-9-5-6-11(7-9)10(12)8(2)13-3;1-2/h8-10H,3-7H2,1-2H3;8-9H,4-7H2,1-3H3;1-2H3. The smallest absolute Gasteiger partial charge is 0.251 e. The zero-order valence-corrected chi connectivity index (χ0v) is 19.8. The van der Waals surface area contributed by atoms with E-state index in [1.54, 1.807) is 7.11 Å². The second-order valence-corrected chi connectivity index (χ2v) is 8.45. The van der Waals surface area contributed by atoms with Gasteiger partial charge in [-0.05, 0) is 37.5 Å². The minimum Gasteiger partial charge on any atom is -0.372 e. The van der Waals surface area contributed by atoms with Crippen molar-refractivity contribution in [2.24, 2.45) is 17.8 Å². The van der Waals surface area contributed by atoms with E-state index < -0.39 is 0 Å². The summed E-state index contributed by atoms with van der Waals surface area (Å²) in [5.74, 6) is 2.44. The number of rotatable bonds is 5. The lowest BCUT2D eigenvalue weighted by atomic mass is 9.95. The van der Waals surface area contributed by atoms with Crippen LogP contribution in [-0.2, 0) is 19.1 Å². The van der Waals surface area contributed by atoms with Gasteiger partial charge in [0.2, 0.25) is 0 Å². The zero-order chi connectivity index (χ0) is 22.0. The van der Waals surface area contributed by atoms with E-state index in [9.17, 15) is 9.59 Å². The monoisotopic (exact) mass is 412 g/mol. The Hall–Kier alpha value is -1.14. The molecule has 4 atom stereocenters. The van der Waals surface area contributed by atoms with Gasteiger partial charge in [0.05, 0.1) is 6.61 Å². The van der Waals surface area contributed by atoms with E-state index in [0.717, 1.165) is 52.0 Å². The Morgan fingerprint density at radius 1 is 1.03 bits per heavy atom. The molecular weight excluding hydrogens is 368 g/mol. The molecule has 0 N–H and O–H groups in total.